The molecule has 0 aliphatic rings. The van der Waals surface area contributed by atoms with Crippen molar-refractivity contribution in [3.8, 4) is 5.75 Å². The van der Waals surface area contributed by atoms with E-state index in [1.165, 1.54) is 10.8 Å². The van der Waals surface area contributed by atoms with Crippen molar-refractivity contribution in [3.63, 3.8) is 0 Å². The number of hydrogen-bond donors (Lipinski definition) is 1. The molecule has 0 unspecified atom stereocenters. The average Bonchev–Trinajstić information content (AvgIpc) is 2.78. The topological polar surface area (TPSA) is 90.3 Å². The maximum Gasteiger partial charge on any atom is 0.331 e. The lowest BCUT2D eigenvalue weighted by Crippen LogP contribution is -2.26. The van der Waals surface area contributed by atoms with Crippen molar-refractivity contribution in [2.45, 2.75) is 6.54 Å². The van der Waals surface area contributed by atoms with Crippen LogP contribution >= 0.6 is 0 Å². The van der Waals surface area contributed by atoms with Crippen LogP contribution in [-0.4, -0.2) is 21.4 Å². The van der Waals surface area contributed by atoms with Gasteiger partial charge in [0.1, 0.15) is 12.3 Å². The normalized spacial score (nSPS) is 10.5. The number of rotatable bonds is 5. The summed E-state index contributed by atoms with van der Waals surface area (Å²) in [5.74, 6) is -0.511. The molecule has 7 heteroatoms. The Morgan fingerprint density at radius 1 is 0.900 bits per heavy atom. The number of anilines is 1. The summed E-state index contributed by atoms with van der Waals surface area (Å²) in [6.07, 6.45) is 1.18. The summed E-state index contributed by atoms with van der Waals surface area (Å²) < 4.78 is 6.65. The Morgan fingerprint density at radius 3 is 2.37 bits per heavy atom. The first-order valence-corrected chi connectivity index (χ1v) is 9.22. The molecular formula is C23H17N3O4. The molecular weight excluding hydrogens is 382 g/mol. The Hall–Kier alpha value is -4.26. The van der Waals surface area contributed by atoms with Crippen molar-refractivity contribution in [3.05, 3.63) is 101 Å². The molecule has 3 aromatic carbocycles. The van der Waals surface area contributed by atoms with Gasteiger partial charge in [0.2, 0.25) is 0 Å². The number of nitrogens with one attached hydrogen (secondary N) is 1. The third kappa shape index (κ3) is 4.25. The highest BCUT2D eigenvalue weighted by Gasteiger charge is 2.11. The van der Waals surface area contributed by atoms with Gasteiger partial charge in [-0.25, -0.2) is 9.78 Å². The van der Waals surface area contributed by atoms with Crippen molar-refractivity contribution >= 4 is 28.6 Å². The smallest absolute Gasteiger partial charge is 0.331 e. The molecule has 0 aliphatic heterocycles. The summed E-state index contributed by atoms with van der Waals surface area (Å²) in [4.78, 5) is 40.7. The first-order valence-electron chi connectivity index (χ1n) is 9.22. The minimum absolute atomic E-state index is 0.232. The van der Waals surface area contributed by atoms with E-state index in [0.29, 0.717) is 28.0 Å². The van der Waals surface area contributed by atoms with Crippen LogP contribution in [0.15, 0.2) is 89.9 Å². The largest absolute Gasteiger partial charge is 0.425 e. The fourth-order valence-corrected chi connectivity index (χ4v) is 2.97. The van der Waals surface area contributed by atoms with E-state index in [1.54, 1.807) is 72.8 Å². The molecule has 148 valence electrons. The van der Waals surface area contributed by atoms with Gasteiger partial charge >= 0.3 is 5.97 Å². The van der Waals surface area contributed by atoms with Gasteiger partial charge in [-0.2, -0.15) is 0 Å². The fourth-order valence-electron chi connectivity index (χ4n) is 2.97. The number of aromatic nitrogens is 2. The Labute approximate surface area is 171 Å². The third-order valence-electron chi connectivity index (χ3n) is 4.42. The van der Waals surface area contributed by atoms with E-state index < -0.39 is 5.97 Å². The fraction of sp³-hybridized carbons (Fsp3) is 0.0435. The van der Waals surface area contributed by atoms with E-state index >= 15 is 0 Å². The summed E-state index contributed by atoms with van der Waals surface area (Å²) in [5.41, 5.74) is 1.90. The van der Waals surface area contributed by atoms with E-state index in [2.05, 4.69) is 10.3 Å². The number of esters is 1. The molecule has 0 atom stereocenters. The first-order chi connectivity index (χ1) is 14.6. The van der Waals surface area contributed by atoms with Gasteiger partial charge in [-0.05, 0) is 48.5 Å². The Balaban J connectivity index is 1.43. The molecule has 0 saturated heterocycles. The third-order valence-corrected chi connectivity index (χ3v) is 4.42. The molecule has 7 nitrogen and oxygen atoms in total. The van der Waals surface area contributed by atoms with Crippen LogP contribution in [-0.2, 0) is 11.3 Å². The van der Waals surface area contributed by atoms with E-state index in [4.69, 9.17) is 4.74 Å². The summed E-state index contributed by atoms with van der Waals surface area (Å²) in [5, 5.41) is 2.77. The number of benzene rings is 3. The second-order valence-corrected chi connectivity index (χ2v) is 6.49. The van der Waals surface area contributed by atoms with Crippen LogP contribution in [0.4, 0.5) is 5.69 Å². The second-order valence-electron chi connectivity index (χ2n) is 6.49. The van der Waals surface area contributed by atoms with Crippen LogP contribution in [0.1, 0.15) is 10.4 Å². The van der Waals surface area contributed by atoms with Crippen LogP contribution in [0.3, 0.4) is 0 Å². The zero-order chi connectivity index (χ0) is 20.9. The van der Waals surface area contributed by atoms with E-state index in [0.717, 1.165) is 0 Å². The first kappa shape index (κ1) is 19.1. The van der Waals surface area contributed by atoms with Crippen molar-refractivity contribution < 1.29 is 14.3 Å². The molecule has 4 aromatic rings. The van der Waals surface area contributed by atoms with Gasteiger partial charge in [0.15, 0.2) is 0 Å². The molecule has 1 aromatic heterocycles. The van der Waals surface area contributed by atoms with Crippen LogP contribution < -0.4 is 15.6 Å². The SMILES string of the molecule is O=C(Cn1c(=O)cnc2ccccc21)Oc1ccc(NC(=O)c2ccccc2)cc1. The summed E-state index contributed by atoms with van der Waals surface area (Å²) in [6.45, 7) is -0.242. The van der Waals surface area contributed by atoms with Crippen LogP contribution in [0.25, 0.3) is 11.0 Å². The highest BCUT2D eigenvalue weighted by atomic mass is 16.5. The molecule has 1 N–H and O–H groups in total. The maximum atomic E-state index is 12.4. The van der Waals surface area contributed by atoms with Gasteiger partial charge in [-0.15, -0.1) is 0 Å². The lowest BCUT2D eigenvalue weighted by atomic mass is 10.2. The zero-order valence-corrected chi connectivity index (χ0v) is 15.8. The number of carbonyl (C=O) groups excluding carboxylic acids is 2. The number of hydrogen-bond acceptors (Lipinski definition) is 5. The van der Waals surface area contributed by atoms with Crippen molar-refractivity contribution in [2.75, 3.05) is 5.32 Å². The van der Waals surface area contributed by atoms with Gasteiger partial charge in [-0.3, -0.25) is 14.2 Å². The number of para-hydroxylation sites is 2. The number of fused-ring (bicyclic) bond motifs is 1. The van der Waals surface area contributed by atoms with Gasteiger partial charge in [0, 0.05) is 11.3 Å². The average molecular weight is 399 g/mol. The molecule has 0 bridgehead atoms. The Morgan fingerprint density at radius 2 is 1.60 bits per heavy atom. The molecule has 0 radical (unpaired) electrons. The number of nitrogens with zero attached hydrogens (tertiary/aromatic N) is 2. The Kier molecular flexibility index (Phi) is 5.34. The molecule has 1 amide bonds. The monoisotopic (exact) mass is 399 g/mol. The predicted octanol–water partition coefficient (Wildman–Crippen LogP) is 3.25. The molecule has 0 spiro atoms. The molecule has 0 saturated carbocycles. The second kappa shape index (κ2) is 8.40. The quantitative estimate of drug-likeness (QED) is 0.411. The molecule has 30 heavy (non-hydrogen) atoms. The zero-order valence-electron chi connectivity index (χ0n) is 15.8. The van der Waals surface area contributed by atoms with Crippen LogP contribution in [0.2, 0.25) is 0 Å². The van der Waals surface area contributed by atoms with Gasteiger partial charge in [-0.1, -0.05) is 30.3 Å². The van der Waals surface area contributed by atoms with E-state index in [-0.39, 0.29) is 18.0 Å². The number of ether oxygens (including phenoxy) is 1. The summed E-state index contributed by atoms with van der Waals surface area (Å²) in [6, 6.07) is 22.3. The van der Waals surface area contributed by atoms with Crippen LogP contribution in [0, 0.1) is 0 Å². The maximum absolute atomic E-state index is 12.4. The lowest BCUT2D eigenvalue weighted by molar-refractivity contribution is -0.135. The van der Waals surface area contributed by atoms with E-state index in [9.17, 15) is 14.4 Å². The van der Waals surface area contributed by atoms with Crippen molar-refractivity contribution in [1.82, 2.24) is 9.55 Å². The van der Waals surface area contributed by atoms with Gasteiger partial charge in [0.25, 0.3) is 11.5 Å². The molecule has 0 fully saturated rings. The Bertz CT molecular complexity index is 1270. The van der Waals surface area contributed by atoms with Crippen LogP contribution in [0.5, 0.6) is 5.75 Å². The predicted molar refractivity (Wildman–Crippen MR) is 112 cm³/mol. The molecule has 4 rings (SSSR count). The lowest BCUT2D eigenvalue weighted by Gasteiger charge is -2.10. The summed E-state index contributed by atoms with van der Waals surface area (Å²) >= 11 is 0. The molecule has 0 aliphatic carbocycles. The van der Waals surface area contributed by atoms with Gasteiger partial charge in [0.05, 0.1) is 17.2 Å². The number of carbonyl (C=O) groups is 2. The van der Waals surface area contributed by atoms with E-state index in [1.807, 2.05) is 6.07 Å². The highest BCUT2D eigenvalue weighted by molar-refractivity contribution is 6.04. The minimum Gasteiger partial charge on any atom is -0.425 e. The van der Waals surface area contributed by atoms with Crippen molar-refractivity contribution in [1.29, 1.82) is 0 Å². The summed E-state index contributed by atoms with van der Waals surface area (Å²) in [7, 11) is 0. The molecule has 1 heterocycles. The highest BCUT2D eigenvalue weighted by Crippen LogP contribution is 2.17. The standard InChI is InChI=1S/C23H17N3O4/c27-21-14-24-19-8-4-5-9-20(19)26(21)15-22(28)30-18-12-10-17(11-13-18)25-23(29)16-6-2-1-3-7-16/h1-14H,15H2,(H,25,29). The van der Waals surface area contributed by atoms with Crippen molar-refractivity contribution in [2.24, 2.45) is 0 Å². The number of amides is 1. The van der Waals surface area contributed by atoms with Gasteiger partial charge < -0.3 is 10.1 Å². The minimum atomic E-state index is -0.588.